The molecule has 0 amide bonds. The number of aromatic nitrogens is 2. The number of hydrogen-bond acceptors (Lipinski definition) is 7. The Morgan fingerprint density at radius 3 is 2.95 bits per heavy atom. The lowest BCUT2D eigenvalue weighted by molar-refractivity contribution is 0.174. The Labute approximate surface area is 122 Å². The van der Waals surface area contributed by atoms with Crippen molar-refractivity contribution in [1.29, 1.82) is 0 Å². The highest BCUT2D eigenvalue weighted by Crippen LogP contribution is 2.35. The summed E-state index contributed by atoms with van der Waals surface area (Å²) in [6.07, 6.45) is 0. The van der Waals surface area contributed by atoms with Gasteiger partial charge in [0.2, 0.25) is 6.79 Å². The quantitative estimate of drug-likeness (QED) is 0.799. The summed E-state index contributed by atoms with van der Waals surface area (Å²) >= 11 is 3.11. The monoisotopic (exact) mass is 303 g/mol. The van der Waals surface area contributed by atoms with Crippen molar-refractivity contribution < 1.29 is 9.47 Å². The molecule has 5 nitrogen and oxygen atoms in total. The summed E-state index contributed by atoms with van der Waals surface area (Å²) in [6, 6.07) is 5.74. The lowest BCUT2D eigenvalue weighted by Gasteiger charge is -2.03. The molecule has 0 bridgehead atoms. The van der Waals surface area contributed by atoms with Crippen molar-refractivity contribution >= 4 is 33.5 Å². The fourth-order valence-corrected chi connectivity index (χ4v) is 3.16. The highest BCUT2D eigenvalue weighted by atomic mass is 32.1. The number of anilines is 2. The van der Waals surface area contributed by atoms with Gasteiger partial charge in [0, 0.05) is 22.5 Å². The molecule has 3 heterocycles. The summed E-state index contributed by atoms with van der Waals surface area (Å²) in [5.41, 5.74) is 4.53. The summed E-state index contributed by atoms with van der Waals surface area (Å²) < 4.78 is 10.6. The van der Waals surface area contributed by atoms with Crippen LogP contribution >= 0.6 is 22.7 Å². The first kappa shape index (κ1) is 11.7. The summed E-state index contributed by atoms with van der Waals surface area (Å²) in [5, 5.41) is 8.07. The topological polar surface area (TPSA) is 56.3 Å². The van der Waals surface area contributed by atoms with Crippen LogP contribution in [-0.4, -0.2) is 16.8 Å². The van der Waals surface area contributed by atoms with Crippen LogP contribution in [-0.2, 0) is 0 Å². The van der Waals surface area contributed by atoms with Crippen molar-refractivity contribution in [2.24, 2.45) is 0 Å². The molecule has 0 atom stereocenters. The maximum atomic E-state index is 5.35. The molecule has 100 valence electrons. The van der Waals surface area contributed by atoms with Crippen LogP contribution < -0.4 is 14.8 Å². The Hall–Kier alpha value is -2.12. The number of nitrogens with one attached hydrogen (secondary N) is 1. The van der Waals surface area contributed by atoms with Gasteiger partial charge in [0.05, 0.1) is 5.51 Å². The van der Waals surface area contributed by atoms with Crippen LogP contribution in [0.15, 0.2) is 34.5 Å². The van der Waals surface area contributed by atoms with Crippen LogP contribution in [0.3, 0.4) is 0 Å². The number of rotatable bonds is 3. The fourth-order valence-electron chi connectivity index (χ4n) is 1.89. The Kier molecular flexibility index (Phi) is 2.79. The molecule has 0 aliphatic carbocycles. The molecule has 0 saturated heterocycles. The van der Waals surface area contributed by atoms with Crippen molar-refractivity contribution in [1.82, 2.24) is 9.97 Å². The van der Waals surface area contributed by atoms with E-state index in [1.165, 1.54) is 0 Å². The first-order chi connectivity index (χ1) is 9.88. The molecule has 0 fully saturated rings. The van der Waals surface area contributed by atoms with Gasteiger partial charge in [-0.2, -0.15) is 0 Å². The van der Waals surface area contributed by atoms with E-state index in [0.717, 1.165) is 33.7 Å². The van der Waals surface area contributed by atoms with Gasteiger partial charge >= 0.3 is 0 Å². The Bertz CT molecular complexity index is 740. The molecular formula is C13H9N3O2S2. The maximum Gasteiger partial charge on any atom is 0.231 e. The summed E-state index contributed by atoms with van der Waals surface area (Å²) in [6.45, 7) is 0.282. The van der Waals surface area contributed by atoms with Gasteiger partial charge in [0.15, 0.2) is 16.6 Å². The van der Waals surface area contributed by atoms with Crippen LogP contribution in [0, 0.1) is 0 Å². The van der Waals surface area contributed by atoms with E-state index in [9.17, 15) is 0 Å². The molecule has 1 aliphatic heterocycles. The minimum atomic E-state index is 0.282. The second-order valence-corrected chi connectivity index (χ2v) is 5.68. The SMILES string of the molecule is c1nc(-c2csc(Nc3ccc4c(c3)OCO4)n2)cs1. The standard InChI is InChI=1S/C13H9N3O2S2/c1-2-11-12(18-7-17-11)3-8(1)15-13-16-10(5-20-13)9-4-19-6-14-9/h1-6H,7H2,(H,15,16). The predicted molar refractivity (Wildman–Crippen MR) is 79.1 cm³/mol. The number of nitrogens with zero attached hydrogens (tertiary/aromatic N) is 2. The molecule has 20 heavy (non-hydrogen) atoms. The summed E-state index contributed by atoms with van der Waals surface area (Å²) in [7, 11) is 0. The van der Waals surface area contributed by atoms with E-state index in [1.54, 1.807) is 28.2 Å². The normalized spacial score (nSPS) is 12.6. The van der Waals surface area contributed by atoms with Crippen LogP contribution in [0.4, 0.5) is 10.8 Å². The minimum absolute atomic E-state index is 0.282. The van der Waals surface area contributed by atoms with Crippen LogP contribution in [0.2, 0.25) is 0 Å². The molecule has 1 aromatic carbocycles. The fraction of sp³-hybridized carbons (Fsp3) is 0.0769. The molecule has 4 rings (SSSR count). The zero-order valence-corrected chi connectivity index (χ0v) is 11.8. The van der Waals surface area contributed by atoms with Crippen molar-refractivity contribution in [2.75, 3.05) is 12.1 Å². The van der Waals surface area contributed by atoms with E-state index in [1.807, 2.05) is 29.0 Å². The molecule has 7 heteroatoms. The lowest BCUT2D eigenvalue weighted by Crippen LogP contribution is -1.93. The molecule has 2 aromatic heterocycles. The molecule has 0 unspecified atom stereocenters. The number of benzene rings is 1. The van der Waals surface area contributed by atoms with Gasteiger partial charge in [0.1, 0.15) is 11.4 Å². The number of ether oxygens (including phenoxy) is 2. The van der Waals surface area contributed by atoms with Gasteiger partial charge < -0.3 is 14.8 Å². The van der Waals surface area contributed by atoms with Crippen LogP contribution in [0.5, 0.6) is 11.5 Å². The van der Waals surface area contributed by atoms with Gasteiger partial charge in [-0.1, -0.05) is 0 Å². The molecule has 1 N–H and O–H groups in total. The van der Waals surface area contributed by atoms with E-state index in [2.05, 4.69) is 15.3 Å². The molecule has 0 spiro atoms. The van der Waals surface area contributed by atoms with Crippen molar-refractivity contribution in [3.8, 4) is 22.9 Å². The Balaban J connectivity index is 1.57. The van der Waals surface area contributed by atoms with E-state index >= 15 is 0 Å². The highest BCUT2D eigenvalue weighted by Gasteiger charge is 2.14. The van der Waals surface area contributed by atoms with Crippen molar-refractivity contribution in [3.63, 3.8) is 0 Å². The number of thiazole rings is 2. The first-order valence-electron chi connectivity index (χ1n) is 5.89. The lowest BCUT2D eigenvalue weighted by atomic mass is 10.3. The van der Waals surface area contributed by atoms with Crippen LogP contribution in [0.25, 0.3) is 11.4 Å². The average Bonchev–Trinajstić information content (AvgIpc) is 3.19. The van der Waals surface area contributed by atoms with E-state index in [-0.39, 0.29) is 6.79 Å². The largest absolute Gasteiger partial charge is 0.454 e. The molecule has 0 radical (unpaired) electrons. The van der Waals surface area contributed by atoms with Gasteiger partial charge in [-0.3, -0.25) is 0 Å². The second kappa shape index (κ2) is 4.77. The second-order valence-electron chi connectivity index (χ2n) is 4.10. The average molecular weight is 303 g/mol. The van der Waals surface area contributed by atoms with Gasteiger partial charge in [-0.15, -0.1) is 22.7 Å². The maximum absolute atomic E-state index is 5.35. The third-order valence-electron chi connectivity index (χ3n) is 2.82. The third-order valence-corrected chi connectivity index (χ3v) is 4.17. The zero-order chi connectivity index (χ0) is 13.4. The van der Waals surface area contributed by atoms with Gasteiger partial charge in [0.25, 0.3) is 0 Å². The predicted octanol–water partition coefficient (Wildman–Crippen LogP) is 3.74. The van der Waals surface area contributed by atoms with E-state index < -0.39 is 0 Å². The van der Waals surface area contributed by atoms with Gasteiger partial charge in [-0.05, 0) is 12.1 Å². The van der Waals surface area contributed by atoms with Gasteiger partial charge in [-0.25, -0.2) is 9.97 Å². The molecular weight excluding hydrogens is 294 g/mol. The molecule has 1 aliphatic rings. The summed E-state index contributed by atoms with van der Waals surface area (Å²) in [5.74, 6) is 1.53. The van der Waals surface area contributed by atoms with Crippen molar-refractivity contribution in [2.45, 2.75) is 0 Å². The minimum Gasteiger partial charge on any atom is -0.454 e. The molecule has 3 aromatic rings. The Morgan fingerprint density at radius 1 is 1.10 bits per heavy atom. The van der Waals surface area contributed by atoms with Crippen molar-refractivity contribution in [3.05, 3.63) is 34.5 Å². The third kappa shape index (κ3) is 2.10. The van der Waals surface area contributed by atoms with E-state index in [4.69, 9.17) is 9.47 Å². The summed E-state index contributed by atoms with van der Waals surface area (Å²) in [4.78, 5) is 8.77. The number of hydrogen-bond donors (Lipinski definition) is 1. The van der Waals surface area contributed by atoms with Crippen LogP contribution in [0.1, 0.15) is 0 Å². The number of fused-ring (bicyclic) bond motifs is 1. The zero-order valence-electron chi connectivity index (χ0n) is 10.2. The molecule has 0 saturated carbocycles. The Morgan fingerprint density at radius 2 is 2.05 bits per heavy atom. The first-order valence-corrected chi connectivity index (χ1v) is 7.71. The van der Waals surface area contributed by atoms with E-state index in [0.29, 0.717) is 0 Å². The smallest absolute Gasteiger partial charge is 0.231 e. The highest BCUT2D eigenvalue weighted by molar-refractivity contribution is 7.14.